The van der Waals surface area contributed by atoms with Crippen LogP contribution in [-0.4, -0.2) is 138 Å². The van der Waals surface area contributed by atoms with Crippen molar-refractivity contribution < 1.29 is 62.9 Å². The number of carboxylic acids is 1. The molecule has 2 atom stereocenters. The number of phenols is 2. The number of esters is 2. The van der Waals surface area contributed by atoms with Gasteiger partial charge in [0.15, 0.2) is 44.3 Å². The van der Waals surface area contributed by atoms with Crippen LogP contribution in [0.5, 0.6) is 34.5 Å². The second-order valence-corrected chi connectivity index (χ2v) is 19.7. The minimum Gasteiger partial charge on any atom is -0.507 e. The monoisotopic (exact) mass is 1150 g/mol. The highest BCUT2D eigenvalue weighted by Crippen LogP contribution is 2.36. The van der Waals surface area contributed by atoms with Crippen LogP contribution >= 0.6 is 22.7 Å². The van der Waals surface area contributed by atoms with Crippen LogP contribution in [0.3, 0.4) is 0 Å². The van der Waals surface area contributed by atoms with E-state index in [1.165, 1.54) is 67.2 Å². The predicted molar refractivity (Wildman–Crippen MR) is 306 cm³/mol. The van der Waals surface area contributed by atoms with Gasteiger partial charge in [-0.3, -0.25) is 9.59 Å². The molecule has 0 aliphatic carbocycles. The molecule has 0 saturated carbocycles. The summed E-state index contributed by atoms with van der Waals surface area (Å²) in [7, 11) is 8.81. The predicted octanol–water partition coefficient (Wildman–Crippen LogP) is 8.10. The van der Waals surface area contributed by atoms with E-state index in [9.17, 15) is 34.5 Å². The van der Waals surface area contributed by atoms with Gasteiger partial charge in [0.1, 0.15) is 33.7 Å². The summed E-state index contributed by atoms with van der Waals surface area (Å²) in [5, 5.41) is 38.2. The number of carbonyl (C=O) groups excluding carboxylic acids is 3. The molecule has 2 saturated heterocycles. The Labute approximate surface area is 471 Å². The molecule has 27 heteroatoms. The van der Waals surface area contributed by atoms with E-state index in [1.807, 2.05) is 40.1 Å². The summed E-state index contributed by atoms with van der Waals surface area (Å²) in [5.74, 6) is 1.15. The summed E-state index contributed by atoms with van der Waals surface area (Å²) < 4.78 is 30.5. The number of hydrogen-bond donors (Lipinski definition) is 7. The van der Waals surface area contributed by atoms with E-state index in [-0.39, 0.29) is 34.5 Å². The smallest absolute Gasteiger partial charge is 0.341 e. The third-order valence-corrected chi connectivity index (χ3v) is 14.3. The summed E-state index contributed by atoms with van der Waals surface area (Å²) >= 11 is 2.83. The average Bonchev–Trinajstić information content (AvgIpc) is 4.19. The van der Waals surface area contributed by atoms with Gasteiger partial charge in [0.25, 0.3) is 0 Å². The van der Waals surface area contributed by atoms with Crippen LogP contribution in [0.4, 0.5) is 46.3 Å². The fourth-order valence-corrected chi connectivity index (χ4v) is 10.1. The van der Waals surface area contributed by atoms with Crippen molar-refractivity contribution in [3.8, 4) is 34.5 Å². The maximum Gasteiger partial charge on any atom is 0.341 e. The third-order valence-electron chi connectivity index (χ3n) is 12.9. The minimum atomic E-state index is -0.780. The fraction of sp³-hybridized carbons (Fsp3) is 0.296. The first-order chi connectivity index (χ1) is 39.1. The van der Waals surface area contributed by atoms with Gasteiger partial charge in [-0.2, -0.15) is 19.9 Å². The number of ether oxygens (including phenoxy) is 6. The van der Waals surface area contributed by atoms with E-state index < -0.39 is 23.8 Å². The number of amides is 1. The van der Waals surface area contributed by atoms with E-state index in [0.717, 1.165) is 40.4 Å². The zero-order chi connectivity index (χ0) is 57.7. The molecule has 0 spiro atoms. The largest absolute Gasteiger partial charge is 0.507 e. The first-order valence-electron chi connectivity index (χ1n) is 25.0. The number of nitrogen functional groups attached to an aromatic ring is 1. The molecule has 2 unspecified atom stereocenters. The van der Waals surface area contributed by atoms with Gasteiger partial charge < -0.3 is 75.2 Å². The van der Waals surface area contributed by atoms with Crippen LogP contribution in [-0.2, 0) is 19.1 Å². The Bertz CT molecular complexity index is 3570. The number of methoxy groups -OCH3 is 6. The average molecular weight is 1150 g/mol. The molecular weight excluding hydrogens is 1090 g/mol. The molecule has 2 aliphatic rings. The Morgan fingerprint density at radius 3 is 1.49 bits per heavy atom. The Morgan fingerprint density at radius 1 is 0.580 bits per heavy atom. The number of benzene rings is 4. The Hall–Kier alpha value is -9.50. The van der Waals surface area contributed by atoms with Crippen molar-refractivity contribution in [3.63, 3.8) is 0 Å². The van der Waals surface area contributed by atoms with Crippen LogP contribution in [0.1, 0.15) is 46.4 Å². The normalized spacial score (nSPS) is 14.7. The molecule has 0 radical (unpaired) electrons. The number of anilines is 8. The number of aliphatic carboxylic acids is 1. The number of thiazole rings is 2. The van der Waals surface area contributed by atoms with Gasteiger partial charge in [-0.15, -0.1) is 22.7 Å². The molecular formula is C54H58N12O13S2. The van der Waals surface area contributed by atoms with Crippen molar-refractivity contribution in [3.05, 3.63) is 94.9 Å². The number of rotatable bonds is 15. The summed E-state index contributed by atoms with van der Waals surface area (Å²) in [6, 6.07) is 19.5. The second kappa shape index (κ2) is 26.4. The number of aromatic hydroxyl groups is 2. The van der Waals surface area contributed by atoms with Crippen LogP contribution in [0.15, 0.2) is 83.8 Å². The summed E-state index contributed by atoms with van der Waals surface area (Å²) in [6.45, 7) is 2.23. The highest BCUT2D eigenvalue weighted by atomic mass is 32.1. The first-order valence-corrected chi connectivity index (χ1v) is 26.7. The quantitative estimate of drug-likeness (QED) is 0.0376. The van der Waals surface area contributed by atoms with Crippen molar-refractivity contribution in [1.82, 2.24) is 29.9 Å². The molecule has 0 bridgehead atoms. The van der Waals surface area contributed by atoms with E-state index in [0.29, 0.717) is 101 Å². The van der Waals surface area contributed by atoms with Crippen molar-refractivity contribution in [2.75, 3.05) is 100 Å². The first kappa shape index (κ1) is 57.7. The SMILES string of the molecule is COC(=O)c1ccc(N)cc1O.COC(=O)c1ccc(NC(=O)C2CCCN(c3nc(Nc4ccc(OC)c(OC)c4)c4ncsc4n3)C2)cc1O.COc1ccc(Nc2nc(N3CCCC(C(=O)O)C3)nc3scnc23)cc1OC. The number of carboxylic acid groups (broad SMARTS) is 1. The molecule has 1 amide bonds. The number of nitrogens with one attached hydrogen (secondary N) is 3. The molecule has 25 nitrogen and oxygen atoms in total. The topological polar surface area (TPSA) is 330 Å². The zero-order valence-corrected chi connectivity index (χ0v) is 46.4. The van der Waals surface area contributed by atoms with Gasteiger partial charge in [-0.1, -0.05) is 0 Å². The lowest BCUT2D eigenvalue weighted by atomic mass is 9.97. The van der Waals surface area contributed by atoms with Crippen molar-refractivity contribution in [2.24, 2.45) is 11.8 Å². The molecule has 4 aromatic heterocycles. The number of nitrogens with zero attached hydrogens (tertiary/aromatic N) is 8. The van der Waals surface area contributed by atoms with Crippen molar-refractivity contribution in [1.29, 1.82) is 0 Å². The van der Waals surface area contributed by atoms with Gasteiger partial charge in [-0.25, -0.2) is 19.6 Å². The van der Waals surface area contributed by atoms with Gasteiger partial charge in [0, 0.05) is 73.2 Å². The summed E-state index contributed by atoms with van der Waals surface area (Å²) in [6.07, 6.45) is 2.92. The van der Waals surface area contributed by atoms with Crippen molar-refractivity contribution >= 4 is 113 Å². The minimum absolute atomic E-state index is 0.0254. The Balaban J connectivity index is 0.000000182. The number of aromatic nitrogens is 6. The number of nitrogens with two attached hydrogens (primary N) is 1. The highest BCUT2D eigenvalue weighted by Gasteiger charge is 2.30. The molecule has 8 N–H and O–H groups in total. The third kappa shape index (κ3) is 13.9. The molecule has 4 aromatic carbocycles. The van der Waals surface area contributed by atoms with E-state index in [2.05, 4.69) is 45.4 Å². The second-order valence-electron chi connectivity index (χ2n) is 18.0. The summed E-state index contributed by atoms with van der Waals surface area (Å²) in [4.78, 5) is 80.2. The molecule has 81 heavy (non-hydrogen) atoms. The molecule has 10 rings (SSSR count). The lowest BCUT2D eigenvalue weighted by molar-refractivity contribution is -0.142. The van der Waals surface area contributed by atoms with Gasteiger partial charge in [0.05, 0.1) is 65.5 Å². The van der Waals surface area contributed by atoms with Crippen molar-refractivity contribution in [2.45, 2.75) is 25.7 Å². The van der Waals surface area contributed by atoms with Crippen LogP contribution < -0.4 is 50.4 Å². The van der Waals surface area contributed by atoms with Crippen LogP contribution in [0.2, 0.25) is 0 Å². The number of fused-ring (bicyclic) bond motifs is 2. The highest BCUT2D eigenvalue weighted by molar-refractivity contribution is 7.16. The standard InChI is InChI=1S/C27H28N6O6S.C19H21N5O4S.C8H9NO3/c1-37-20-9-7-17(12-21(20)38-2)29-23-22-25(40-14-28-22)32-27(31-23)33-10-4-5-15(13-33)24(35)30-16-6-8-18(19(34)11-16)26(36)39-3;1-27-13-6-5-12(8-14(13)28-2)21-16-15-17(29-10-20-15)23-19(22-16)24-7-3-4-11(9-24)18(25)26;1-12-8(11)6-3-2-5(9)4-7(6)10/h6-9,11-12,14-15,34H,4-5,10,13H2,1-3H3,(H,30,35)(H,29,31,32);5-6,8,10-11H,3-4,7,9H2,1-2H3,(H,25,26)(H,21,22,23);2-4,10H,9H2,1H3. The van der Waals surface area contributed by atoms with E-state index >= 15 is 0 Å². The van der Waals surface area contributed by atoms with E-state index in [4.69, 9.17) is 34.6 Å². The van der Waals surface area contributed by atoms with Crippen LogP contribution in [0, 0.1) is 11.8 Å². The lowest BCUT2D eigenvalue weighted by Crippen LogP contribution is -2.41. The van der Waals surface area contributed by atoms with Crippen LogP contribution in [0.25, 0.3) is 20.7 Å². The molecule has 2 fully saturated rings. The zero-order valence-electron chi connectivity index (χ0n) is 44.8. The Kier molecular flexibility index (Phi) is 18.8. The maximum absolute atomic E-state index is 13.1. The van der Waals surface area contributed by atoms with Gasteiger partial charge >= 0.3 is 17.9 Å². The maximum atomic E-state index is 13.1. The fourth-order valence-electron chi connectivity index (χ4n) is 8.76. The number of phenolic OH excluding ortho intramolecular Hbond substituents is 2. The van der Waals surface area contributed by atoms with Gasteiger partial charge in [0.2, 0.25) is 17.8 Å². The molecule has 6 heterocycles. The van der Waals surface area contributed by atoms with E-state index in [1.54, 1.807) is 51.6 Å². The molecule has 2 aliphatic heterocycles. The number of hydrogen-bond acceptors (Lipinski definition) is 25. The lowest BCUT2D eigenvalue weighted by Gasteiger charge is -2.32. The summed E-state index contributed by atoms with van der Waals surface area (Å²) in [5.41, 5.74) is 12.5. The number of piperidine rings is 2. The molecule has 424 valence electrons. The Morgan fingerprint density at radius 2 is 1.04 bits per heavy atom. The molecule has 8 aromatic rings. The number of carbonyl (C=O) groups is 4. The van der Waals surface area contributed by atoms with Gasteiger partial charge in [-0.05, 0) is 74.2 Å².